The molecule has 0 saturated carbocycles. The van der Waals surface area contributed by atoms with E-state index >= 15 is 0 Å². The fourth-order valence-corrected chi connectivity index (χ4v) is 6.84. The number of carbonyl (C=O) groups is 2. The summed E-state index contributed by atoms with van der Waals surface area (Å²) in [7, 11) is 0. The molecule has 2 saturated heterocycles. The van der Waals surface area contributed by atoms with Crippen LogP contribution in [0.3, 0.4) is 0 Å². The molecule has 0 unspecified atom stereocenters. The maximum atomic E-state index is 13.8. The number of ether oxygens (including phenoxy) is 2. The maximum Gasteiger partial charge on any atom is 0.417 e. The van der Waals surface area contributed by atoms with E-state index in [4.69, 9.17) is 14.7 Å². The first-order valence-electron chi connectivity index (χ1n) is 20.6. The third-order valence-corrected chi connectivity index (χ3v) is 10.2. The van der Waals surface area contributed by atoms with E-state index in [2.05, 4.69) is 31.7 Å². The fraction of sp³-hybridized carbons (Fsp3) is 0.184. The largest absolute Gasteiger partial charge is 0.439 e. The quantitative estimate of drug-likeness (QED) is 0.144. The zero-order valence-electron chi connectivity index (χ0n) is 34.8. The van der Waals surface area contributed by atoms with E-state index in [0.717, 1.165) is 41.8 Å². The smallest absolute Gasteiger partial charge is 0.417 e. The molecule has 2 aliphatic rings. The maximum absolute atomic E-state index is 13.8. The van der Waals surface area contributed by atoms with Crippen LogP contribution in [0.1, 0.15) is 47.9 Å². The molecule has 330 valence electrons. The van der Waals surface area contributed by atoms with Gasteiger partial charge in [-0.05, 0) is 97.5 Å². The number of aromatic nitrogens is 3. The van der Waals surface area contributed by atoms with Crippen molar-refractivity contribution in [2.24, 2.45) is 0 Å². The molecule has 0 atom stereocenters. The lowest BCUT2D eigenvalue weighted by atomic mass is 10.0. The average molecular weight is 883 g/mol. The summed E-state index contributed by atoms with van der Waals surface area (Å²) in [6.45, 7) is 2.34. The van der Waals surface area contributed by atoms with Gasteiger partial charge in [0.15, 0.2) is 0 Å². The van der Waals surface area contributed by atoms with Crippen LogP contribution in [0.25, 0.3) is 12.2 Å². The fourth-order valence-electron chi connectivity index (χ4n) is 6.84. The number of nitriles is 1. The molecule has 2 aliphatic heterocycles. The second kappa shape index (κ2) is 21.3. The number of rotatable bonds is 8. The third kappa shape index (κ3) is 13.2. The molecule has 0 aliphatic carbocycles. The van der Waals surface area contributed by atoms with Gasteiger partial charge >= 0.3 is 18.2 Å². The van der Waals surface area contributed by atoms with Crippen LogP contribution in [0.15, 0.2) is 145 Å². The zero-order valence-corrected chi connectivity index (χ0v) is 34.8. The van der Waals surface area contributed by atoms with E-state index in [0.29, 0.717) is 67.7 Å². The van der Waals surface area contributed by atoms with Crippen molar-refractivity contribution in [1.82, 2.24) is 24.8 Å². The van der Waals surface area contributed by atoms with Gasteiger partial charge in [-0.25, -0.2) is 23.9 Å². The Balaban J connectivity index is 0.000000195. The molecule has 2 N–H and O–H groups in total. The van der Waals surface area contributed by atoms with Gasteiger partial charge in [-0.3, -0.25) is 4.98 Å². The highest BCUT2D eigenvalue weighted by atomic mass is 19.4. The van der Waals surface area contributed by atoms with Gasteiger partial charge in [-0.2, -0.15) is 18.4 Å². The summed E-state index contributed by atoms with van der Waals surface area (Å²) in [4.78, 5) is 40.2. The number of anilines is 2. The van der Waals surface area contributed by atoms with Gasteiger partial charge in [0.05, 0.1) is 28.7 Å². The molecule has 8 rings (SSSR count). The molecule has 3 aromatic carbocycles. The summed E-state index contributed by atoms with van der Waals surface area (Å²) >= 11 is 0. The molecular formula is C49H42F4N8O4. The van der Waals surface area contributed by atoms with Crippen LogP contribution in [-0.2, 0) is 6.18 Å². The van der Waals surface area contributed by atoms with Crippen molar-refractivity contribution in [1.29, 1.82) is 5.26 Å². The van der Waals surface area contributed by atoms with Crippen LogP contribution in [0.2, 0.25) is 0 Å². The average Bonchev–Trinajstić information content (AvgIpc) is 3.31. The molecule has 12 nitrogen and oxygen atoms in total. The number of nitrogens with one attached hydrogen (secondary N) is 2. The van der Waals surface area contributed by atoms with Gasteiger partial charge in [0.2, 0.25) is 11.8 Å². The molecule has 65 heavy (non-hydrogen) atoms. The molecule has 5 heterocycles. The Labute approximate surface area is 372 Å². The van der Waals surface area contributed by atoms with Crippen molar-refractivity contribution < 1.29 is 36.6 Å². The molecule has 4 amide bonds. The second-order valence-corrected chi connectivity index (χ2v) is 14.9. The summed E-state index contributed by atoms with van der Waals surface area (Å²) in [5.74, 6) is 1.15. The number of pyridine rings is 3. The van der Waals surface area contributed by atoms with Crippen LogP contribution in [0.5, 0.6) is 23.3 Å². The Morgan fingerprint density at radius 1 is 0.662 bits per heavy atom. The lowest BCUT2D eigenvalue weighted by Crippen LogP contribution is -2.39. The van der Waals surface area contributed by atoms with Gasteiger partial charge < -0.3 is 29.9 Å². The molecule has 6 aromatic rings. The Kier molecular flexibility index (Phi) is 14.8. The second-order valence-electron chi connectivity index (χ2n) is 14.9. The number of likely N-dealkylation sites (tertiary alicyclic amines) is 2. The monoisotopic (exact) mass is 882 g/mol. The van der Waals surface area contributed by atoms with Crippen molar-refractivity contribution in [3.8, 4) is 29.3 Å². The number of piperidine rings is 2. The van der Waals surface area contributed by atoms with Crippen LogP contribution in [0, 0.1) is 17.1 Å². The Bertz CT molecular complexity index is 2670. The highest BCUT2D eigenvalue weighted by molar-refractivity contribution is 5.90. The normalized spacial score (nSPS) is 13.6. The predicted molar refractivity (Wildman–Crippen MR) is 237 cm³/mol. The lowest BCUT2D eigenvalue weighted by molar-refractivity contribution is -0.137. The van der Waals surface area contributed by atoms with Gasteiger partial charge in [-0.1, -0.05) is 59.7 Å². The first-order valence-corrected chi connectivity index (χ1v) is 20.6. The van der Waals surface area contributed by atoms with E-state index < -0.39 is 17.6 Å². The first-order chi connectivity index (χ1) is 31.5. The minimum atomic E-state index is -4.45. The minimum Gasteiger partial charge on any atom is -0.439 e. The van der Waals surface area contributed by atoms with Crippen molar-refractivity contribution in [3.63, 3.8) is 0 Å². The number of amides is 4. The zero-order chi connectivity index (χ0) is 45.6. The Hall–Kier alpha value is -8.06. The number of halogens is 4. The van der Waals surface area contributed by atoms with E-state index in [1.54, 1.807) is 65.8 Å². The highest BCUT2D eigenvalue weighted by Gasteiger charge is 2.31. The molecule has 16 heteroatoms. The van der Waals surface area contributed by atoms with Crippen LogP contribution in [-0.4, -0.2) is 63.0 Å². The number of hydrogen-bond acceptors (Lipinski definition) is 8. The Morgan fingerprint density at radius 2 is 1.23 bits per heavy atom. The van der Waals surface area contributed by atoms with Crippen molar-refractivity contribution in [3.05, 3.63) is 173 Å². The molecule has 0 bridgehead atoms. The topological polar surface area (TPSA) is 146 Å². The van der Waals surface area contributed by atoms with Gasteiger partial charge in [0, 0.05) is 56.9 Å². The summed E-state index contributed by atoms with van der Waals surface area (Å²) in [6, 6.07) is 31.6. The predicted octanol–water partition coefficient (Wildman–Crippen LogP) is 11.6. The molecule has 2 fully saturated rings. The number of hydrogen-bond donors (Lipinski definition) is 2. The third-order valence-electron chi connectivity index (χ3n) is 10.2. The number of benzene rings is 3. The van der Waals surface area contributed by atoms with E-state index in [1.807, 2.05) is 53.4 Å². The number of carbonyl (C=O) groups excluding carboxylic acids is 2. The van der Waals surface area contributed by atoms with Gasteiger partial charge in [0.1, 0.15) is 23.4 Å². The van der Waals surface area contributed by atoms with Crippen molar-refractivity contribution in [2.75, 3.05) is 36.8 Å². The number of para-hydroxylation sites is 1. The van der Waals surface area contributed by atoms with Crippen molar-refractivity contribution in [2.45, 2.75) is 31.9 Å². The summed E-state index contributed by atoms with van der Waals surface area (Å²) in [5.41, 5.74) is 4.83. The SMILES string of the molecule is N#Cc1ccc(Oc2cccc(C=C3CCN(C(=O)Nc4cccnc4)CC3)c2)nc1.O=C(Nc1ccccc1F)N1CCC(=Cc2cccc(Oc3ccc(C(F)(F)F)cn3)c2)CC1. The van der Waals surface area contributed by atoms with Crippen LogP contribution < -0.4 is 20.1 Å². The number of urea groups is 2. The Morgan fingerprint density at radius 3 is 1.72 bits per heavy atom. The minimum absolute atomic E-state index is 0.0620. The highest BCUT2D eigenvalue weighted by Crippen LogP contribution is 2.31. The standard InChI is InChI=1S/C25H21F4N3O2.C24H21N5O2/c26-21-6-1-2-7-22(21)31-24(33)32-12-10-17(11-13-32)14-18-4-3-5-20(15-18)34-23-9-8-19(16-30-23)25(27,28)29;25-15-20-6-7-23(27-16-20)31-22-5-1-3-19(14-22)13-18-8-11-29(12-9-18)24(30)28-21-4-2-10-26-17-21/h1-9,14-16H,10-13H2,(H,31,33);1-7,10,13-14,16-17H,8-9,11-12H2,(H,28,30). The van der Waals surface area contributed by atoms with Crippen LogP contribution >= 0.6 is 0 Å². The van der Waals surface area contributed by atoms with E-state index in [9.17, 15) is 27.2 Å². The van der Waals surface area contributed by atoms with Gasteiger partial charge in [0.25, 0.3) is 0 Å². The molecule has 0 spiro atoms. The van der Waals surface area contributed by atoms with Crippen LogP contribution in [0.4, 0.5) is 38.5 Å². The molecule has 0 radical (unpaired) electrons. The first kappa shape index (κ1) is 45.0. The van der Waals surface area contributed by atoms with Gasteiger partial charge in [-0.15, -0.1) is 0 Å². The van der Waals surface area contributed by atoms with E-state index in [1.165, 1.54) is 30.0 Å². The summed E-state index contributed by atoms with van der Waals surface area (Å²) in [5, 5.41) is 14.3. The summed E-state index contributed by atoms with van der Waals surface area (Å²) < 4.78 is 63.2. The van der Waals surface area contributed by atoms with Crippen molar-refractivity contribution >= 4 is 35.6 Å². The summed E-state index contributed by atoms with van der Waals surface area (Å²) in [6.07, 6.45) is 8.19. The molecular weight excluding hydrogens is 841 g/mol. The number of nitrogens with zero attached hydrogens (tertiary/aromatic N) is 6. The molecule has 3 aromatic heterocycles. The lowest BCUT2D eigenvalue weighted by Gasteiger charge is -2.28. The number of alkyl halides is 3. The van der Waals surface area contributed by atoms with E-state index in [-0.39, 0.29) is 23.6 Å².